The second-order valence-electron chi connectivity index (χ2n) is 4.28. The van der Waals surface area contributed by atoms with E-state index in [1.807, 2.05) is 0 Å². The number of aromatic nitrogens is 1. The first-order valence-corrected chi connectivity index (χ1v) is 5.75. The van der Waals surface area contributed by atoms with Crippen LogP contribution in [0.3, 0.4) is 0 Å². The van der Waals surface area contributed by atoms with Crippen LogP contribution in [0.5, 0.6) is 0 Å². The summed E-state index contributed by atoms with van der Waals surface area (Å²) in [6.45, 7) is 0. The number of primary amides is 1. The van der Waals surface area contributed by atoms with Gasteiger partial charge in [-0.15, -0.1) is 0 Å². The molecule has 1 saturated carbocycles. The van der Waals surface area contributed by atoms with E-state index in [1.165, 1.54) is 0 Å². The highest BCUT2D eigenvalue weighted by Gasteiger charge is 2.25. The topological polar surface area (TPSA) is 77.2 Å². The Balaban J connectivity index is 2.06. The van der Waals surface area contributed by atoms with Crippen LogP contribution in [0.1, 0.15) is 29.6 Å². The maximum atomic E-state index is 11.2. The molecule has 2 rings (SSSR count). The molecule has 3 N–H and O–H groups in total. The zero-order chi connectivity index (χ0) is 12.3. The molecule has 1 aromatic heterocycles. The maximum Gasteiger partial charge on any atom is 0.252 e. The highest BCUT2D eigenvalue weighted by atomic mass is 16.5. The third kappa shape index (κ3) is 2.74. The van der Waals surface area contributed by atoms with Crippen molar-refractivity contribution >= 4 is 11.7 Å². The summed E-state index contributed by atoms with van der Waals surface area (Å²) in [5.41, 5.74) is 5.74. The van der Waals surface area contributed by atoms with E-state index >= 15 is 0 Å². The van der Waals surface area contributed by atoms with Crippen LogP contribution in [0.25, 0.3) is 0 Å². The van der Waals surface area contributed by atoms with E-state index in [9.17, 15) is 4.79 Å². The molecule has 1 fully saturated rings. The molecule has 0 bridgehead atoms. The summed E-state index contributed by atoms with van der Waals surface area (Å²) in [5.74, 6) is 0.114. The van der Waals surface area contributed by atoms with Gasteiger partial charge in [0.05, 0.1) is 11.7 Å². The van der Waals surface area contributed by atoms with Crippen LogP contribution in [0.4, 0.5) is 5.82 Å². The first-order valence-electron chi connectivity index (χ1n) is 5.75. The molecular formula is C12H17N3O2. The van der Waals surface area contributed by atoms with Gasteiger partial charge in [0.15, 0.2) is 0 Å². The van der Waals surface area contributed by atoms with Crippen molar-refractivity contribution < 1.29 is 9.53 Å². The number of anilines is 1. The van der Waals surface area contributed by atoms with Crippen molar-refractivity contribution in [1.29, 1.82) is 0 Å². The van der Waals surface area contributed by atoms with Crippen molar-refractivity contribution in [2.75, 3.05) is 12.4 Å². The molecule has 0 radical (unpaired) electrons. The van der Waals surface area contributed by atoms with Gasteiger partial charge in [-0.25, -0.2) is 4.98 Å². The summed E-state index contributed by atoms with van der Waals surface area (Å²) >= 11 is 0. The Kier molecular flexibility index (Phi) is 3.58. The van der Waals surface area contributed by atoms with Crippen LogP contribution >= 0.6 is 0 Å². The first kappa shape index (κ1) is 11.9. The second kappa shape index (κ2) is 5.14. The van der Waals surface area contributed by atoms with Gasteiger partial charge in [-0.1, -0.05) is 0 Å². The number of nitrogens with one attached hydrogen (secondary N) is 1. The molecule has 0 saturated heterocycles. The van der Waals surface area contributed by atoms with Crippen LogP contribution in [0, 0.1) is 0 Å². The van der Waals surface area contributed by atoms with Crippen LogP contribution < -0.4 is 11.1 Å². The lowest BCUT2D eigenvalue weighted by Crippen LogP contribution is -2.22. The van der Waals surface area contributed by atoms with Crippen LogP contribution in [-0.2, 0) is 4.74 Å². The van der Waals surface area contributed by atoms with Gasteiger partial charge in [-0.05, 0) is 31.4 Å². The molecule has 92 valence electrons. The maximum absolute atomic E-state index is 11.2. The Labute approximate surface area is 100 Å². The summed E-state index contributed by atoms with van der Waals surface area (Å²) in [5, 5.41) is 3.26. The normalized spacial score (nSPS) is 23.6. The Morgan fingerprint density at radius 2 is 2.41 bits per heavy atom. The molecule has 1 aromatic rings. The third-order valence-corrected chi connectivity index (χ3v) is 3.13. The number of hydrogen-bond donors (Lipinski definition) is 2. The Bertz CT molecular complexity index is 408. The van der Waals surface area contributed by atoms with E-state index in [4.69, 9.17) is 10.5 Å². The number of pyridine rings is 1. The molecule has 5 heteroatoms. The highest BCUT2D eigenvalue weighted by Crippen LogP contribution is 2.25. The summed E-state index contributed by atoms with van der Waals surface area (Å²) in [4.78, 5) is 15.4. The number of nitrogens with two attached hydrogens (primary N) is 1. The van der Waals surface area contributed by atoms with Crippen LogP contribution in [0.2, 0.25) is 0 Å². The van der Waals surface area contributed by atoms with Gasteiger partial charge in [-0.2, -0.15) is 0 Å². The molecular weight excluding hydrogens is 218 g/mol. The van der Waals surface area contributed by atoms with Crippen molar-refractivity contribution in [3.63, 3.8) is 0 Å². The van der Waals surface area contributed by atoms with Crippen LogP contribution in [0.15, 0.2) is 18.3 Å². The monoisotopic (exact) mass is 235 g/mol. The first-order chi connectivity index (χ1) is 8.20. The lowest BCUT2D eigenvalue weighted by atomic mass is 10.2. The Morgan fingerprint density at radius 3 is 3.06 bits per heavy atom. The number of rotatable bonds is 4. The van der Waals surface area contributed by atoms with Crippen LogP contribution in [-0.4, -0.2) is 30.1 Å². The second-order valence-corrected chi connectivity index (χ2v) is 4.28. The third-order valence-electron chi connectivity index (χ3n) is 3.13. The SMILES string of the molecule is COC1CCC(Nc2ncccc2C(N)=O)C1. The molecule has 2 atom stereocenters. The van der Waals surface area contributed by atoms with E-state index < -0.39 is 5.91 Å². The number of hydrogen-bond acceptors (Lipinski definition) is 4. The minimum absolute atomic E-state index is 0.299. The minimum Gasteiger partial charge on any atom is -0.381 e. The van der Waals surface area contributed by atoms with Crippen molar-refractivity contribution in [3.8, 4) is 0 Å². The molecule has 1 amide bonds. The molecule has 2 unspecified atom stereocenters. The van der Waals surface area contributed by atoms with E-state index in [-0.39, 0.29) is 0 Å². The molecule has 5 nitrogen and oxygen atoms in total. The molecule has 0 aromatic carbocycles. The predicted octanol–water partition coefficient (Wildman–Crippen LogP) is 1.16. The lowest BCUT2D eigenvalue weighted by molar-refractivity contribution is 0.100. The van der Waals surface area contributed by atoms with E-state index in [1.54, 1.807) is 25.4 Å². The molecule has 1 aliphatic rings. The predicted molar refractivity (Wildman–Crippen MR) is 64.8 cm³/mol. The fourth-order valence-corrected chi connectivity index (χ4v) is 2.20. The highest BCUT2D eigenvalue weighted by molar-refractivity contribution is 5.97. The summed E-state index contributed by atoms with van der Waals surface area (Å²) in [6.07, 6.45) is 4.94. The molecule has 17 heavy (non-hydrogen) atoms. The van der Waals surface area contributed by atoms with E-state index in [2.05, 4.69) is 10.3 Å². The fraction of sp³-hybridized carbons (Fsp3) is 0.500. The average molecular weight is 235 g/mol. The number of carbonyl (C=O) groups is 1. The Hall–Kier alpha value is -1.62. The van der Waals surface area contributed by atoms with Gasteiger partial charge in [0.25, 0.3) is 5.91 Å². The number of amides is 1. The molecule has 0 aliphatic heterocycles. The Morgan fingerprint density at radius 1 is 1.59 bits per heavy atom. The summed E-state index contributed by atoms with van der Waals surface area (Å²) < 4.78 is 5.30. The zero-order valence-corrected chi connectivity index (χ0v) is 9.85. The lowest BCUT2D eigenvalue weighted by Gasteiger charge is -2.15. The van der Waals surface area contributed by atoms with E-state index in [0.29, 0.717) is 23.5 Å². The number of ether oxygens (including phenoxy) is 1. The number of nitrogens with zero attached hydrogens (tertiary/aromatic N) is 1. The van der Waals surface area contributed by atoms with E-state index in [0.717, 1.165) is 19.3 Å². The van der Waals surface area contributed by atoms with Crippen molar-refractivity contribution in [2.24, 2.45) is 5.73 Å². The number of methoxy groups -OCH3 is 1. The van der Waals surface area contributed by atoms with Crippen molar-refractivity contribution in [2.45, 2.75) is 31.4 Å². The summed E-state index contributed by atoms with van der Waals surface area (Å²) in [6, 6.07) is 3.69. The van der Waals surface area contributed by atoms with Crippen molar-refractivity contribution in [1.82, 2.24) is 4.98 Å². The summed E-state index contributed by atoms with van der Waals surface area (Å²) in [7, 11) is 1.72. The number of carbonyl (C=O) groups excluding carboxylic acids is 1. The molecule has 0 spiro atoms. The van der Waals surface area contributed by atoms with Gasteiger partial charge >= 0.3 is 0 Å². The molecule has 1 aliphatic carbocycles. The van der Waals surface area contributed by atoms with Gasteiger partial charge in [0.1, 0.15) is 5.82 Å². The fourth-order valence-electron chi connectivity index (χ4n) is 2.20. The minimum atomic E-state index is -0.457. The smallest absolute Gasteiger partial charge is 0.252 e. The van der Waals surface area contributed by atoms with Gasteiger partial charge in [0.2, 0.25) is 0 Å². The standard InChI is InChI=1S/C12H17N3O2/c1-17-9-5-4-8(7-9)15-12-10(11(13)16)3-2-6-14-12/h2-3,6,8-9H,4-5,7H2,1H3,(H2,13,16)(H,14,15). The average Bonchev–Trinajstić information content (AvgIpc) is 2.77. The van der Waals surface area contributed by atoms with Gasteiger partial charge in [0, 0.05) is 19.3 Å². The molecule has 1 heterocycles. The zero-order valence-electron chi connectivity index (χ0n) is 9.85. The quantitative estimate of drug-likeness (QED) is 0.821. The largest absolute Gasteiger partial charge is 0.381 e. The van der Waals surface area contributed by atoms with Gasteiger partial charge in [-0.3, -0.25) is 4.79 Å². The van der Waals surface area contributed by atoms with Gasteiger partial charge < -0.3 is 15.8 Å². The van der Waals surface area contributed by atoms with Crippen molar-refractivity contribution in [3.05, 3.63) is 23.9 Å².